The Kier molecular flexibility index (Phi) is 10.9. The van der Waals surface area contributed by atoms with E-state index in [1.807, 2.05) is 27.7 Å². The molecule has 0 heterocycles. The Balaban J connectivity index is 3.60. The summed E-state index contributed by atoms with van der Waals surface area (Å²) in [4.78, 5) is 0. The molecule has 3 nitrogen and oxygen atoms in total. The van der Waals surface area contributed by atoms with E-state index in [0.717, 1.165) is 32.5 Å². The van der Waals surface area contributed by atoms with Gasteiger partial charge in [-0.15, -0.1) is 0 Å². The van der Waals surface area contributed by atoms with E-state index in [-0.39, 0.29) is 18.5 Å². The summed E-state index contributed by atoms with van der Waals surface area (Å²) in [6.07, 6.45) is 4.56. The zero-order valence-corrected chi connectivity index (χ0v) is 12.2. The van der Waals surface area contributed by atoms with Gasteiger partial charge < -0.3 is 14.2 Å². The van der Waals surface area contributed by atoms with Gasteiger partial charge >= 0.3 is 0 Å². The molecule has 0 aliphatic carbocycles. The molecule has 0 saturated carbocycles. The van der Waals surface area contributed by atoms with Crippen LogP contribution in [0, 0.1) is 0 Å². The van der Waals surface area contributed by atoms with Crippen molar-refractivity contribution in [1.82, 2.24) is 0 Å². The smallest absolute Gasteiger partial charge is 0.158 e. The molecular formula is C14H30O3. The molecule has 0 saturated heterocycles. The predicted octanol–water partition coefficient (Wildman–Crippen LogP) is 3.76. The van der Waals surface area contributed by atoms with Gasteiger partial charge in [-0.3, -0.25) is 0 Å². The lowest BCUT2D eigenvalue weighted by molar-refractivity contribution is -0.185. The standard InChI is InChI=1S/C14H30O3/c1-6-7-10-15-11-8-9-14(16-12(2)3)17-13(4)5/h12-14H,6-11H2,1-5H3. The second kappa shape index (κ2) is 11.0. The minimum Gasteiger partial charge on any atom is -0.381 e. The van der Waals surface area contributed by atoms with E-state index in [0.29, 0.717) is 0 Å². The molecule has 17 heavy (non-hydrogen) atoms. The molecule has 0 radical (unpaired) electrons. The fourth-order valence-electron chi connectivity index (χ4n) is 1.48. The Morgan fingerprint density at radius 2 is 1.35 bits per heavy atom. The van der Waals surface area contributed by atoms with Crippen molar-refractivity contribution in [2.45, 2.75) is 78.8 Å². The summed E-state index contributed by atoms with van der Waals surface area (Å²) >= 11 is 0. The lowest BCUT2D eigenvalue weighted by atomic mass is 10.3. The van der Waals surface area contributed by atoms with Crippen LogP contribution in [0.5, 0.6) is 0 Å². The molecule has 0 fully saturated rings. The minimum absolute atomic E-state index is 0.0928. The van der Waals surface area contributed by atoms with Gasteiger partial charge in [0.2, 0.25) is 0 Å². The Morgan fingerprint density at radius 3 is 1.82 bits per heavy atom. The zero-order valence-electron chi connectivity index (χ0n) is 12.2. The van der Waals surface area contributed by atoms with Crippen LogP contribution in [0.2, 0.25) is 0 Å². The Bertz CT molecular complexity index is 148. The number of hydrogen-bond donors (Lipinski definition) is 0. The van der Waals surface area contributed by atoms with Crippen LogP contribution in [0.4, 0.5) is 0 Å². The van der Waals surface area contributed by atoms with E-state index in [1.165, 1.54) is 6.42 Å². The molecule has 0 atom stereocenters. The molecule has 0 aromatic carbocycles. The quantitative estimate of drug-likeness (QED) is 0.410. The molecule has 3 heteroatoms. The Labute approximate surface area is 107 Å². The summed E-state index contributed by atoms with van der Waals surface area (Å²) in [5.41, 5.74) is 0. The highest BCUT2D eigenvalue weighted by Crippen LogP contribution is 2.10. The highest BCUT2D eigenvalue weighted by molar-refractivity contribution is 4.51. The van der Waals surface area contributed by atoms with Crippen molar-refractivity contribution in [1.29, 1.82) is 0 Å². The molecule has 104 valence electrons. The first-order valence-electron chi connectivity index (χ1n) is 6.94. The summed E-state index contributed by atoms with van der Waals surface area (Å²) in [5.74, 6) is 0. The average molecular weight is 246 g/mol. The van der Waals surface area contributed by atoms with Gasteiger partial charge in [-0.1, -0.05) is 13.3 Å². The summed E-state index contributed by atoms with van der Waals surface area (Å²) in [7, 11) is 0. The van der Waals surface area contributed by atoms with Crippen LogP contribution in [0.25, 0.3) is 0 Å². The van der Waals surface area contributed by atoms with Gasteiger partial charge in [0.25, 0.3) is 0 Å². The van der Waals surface area contributed by atoms with Crippen LogP contribution < -0.4 is 0 Å². The van der Waals surface area contributed by atoms with Crippen molar-refractivity contribution in [3.8, 4) is 0 Å². The van der Waals surface area contributed by atoms with Crippen LogP contribution in [0.3, 0.4) is 0 Å². The summed E-state index contributed by atoms with van der Waals surface area (Å²) < 4.78 is 16.9. The van der Waals surface area contributed by atoms with Crippen molar-refractivity contribution in [3.63, 3.8) is 0 Å². The lowest BCUT2D eigenvalue weighted by Gasteiger charge is -2.23. The van der Waals surface area contributed by atoms with E-state index in [2.05, 4.69) is 6.92 Å². The molecule has 0 rings (SSSR count). The molecule has 0 aromatic rings. The van der Waals surface area contributed by atoms with E-state index in [1.54, 1.807) is 0 Å². The highest BCUT2D eigenvalue weighted by Gasteiger charge is 2.12. The van der Waals surface area contributed by atoms with Crippen LogP contribution in [0.15, 0.2) is 0 Å². The third-order valence-corrected chi connectivity index (χ3v) is 2.22. The number of unbranched alkanes of at least 4 members (excludes halogenated alkanes) is 1. The molecule has 0 N–H and O–H groups in total. The van der Waals surface area contributed by atoms with Gasteiger partial charge in [0, 0.05) is 19.6 Å². The monoisotopic (exact) mass is 246 g/mol. The van der Waals surface area contributed by atoms with Crippen molar-refractivity contribution < 1.29 is 14.2 Å². The fraction of sp³-hybridized carbons (Fsp3) is 1.00. The second-order valence-corrected chi connectivity index (χ2v) is 4.91. The largest absolute Gasteiger partial charge is 0.381 e. The Hall–Kier alpha value is -0.120. The van der Waals surface area contributed by atoms with Crippen LogP contribution in [-0.2, 0) is 14.2 Å². The summed E-state index contributed by atoms with van der Waals surface area (Å²) in [6.45, 7) is 12.0. The lowest BCUT2D eigenvalue weighted by Crippen LogP contribution is -2.25. The average Bonchev–Trinajstić information content (AvgIpc) is 2.21. The first-order valence-corrected chi connectivity index (χ1v) is 6.94. The third-order valence-electron chi connectivity index (χ3n) is 2.22. The van der Waals surface area contributed by atoms with Gasteiger partial charge in [0.05, 0.1) is 12.2 Å². The van der Waals surface area contributed by atoms with E-state index < -0.39 is 0 Å². The van der Waals surface area contributed by atoms with E-state index in [4.69, 9.17) is 14.2 Å². The third kappa shape index (κ3) is 12.1. The molecule has 0 aliphatic rings. The molecule has 0 aromatic heterocycles. The number of ether oxygens (including phenoxy) is 3. The second-order valence-electron chi connectivity index (χ2n) is 4.91. The summed E-state index contributed by atoms with van der Waals surface area (Å²) in [6, 6.07) is 0. The molecule has 0 spiro atoms. The van der Waals surface area contributed by atoms with Gasteiger partial charge in [0.15, 0.2) is 6.29 Å². The van der Waals surface area contributed by atoms with Gasteiger partial charge in [-0.2, -0.15) is 0 Å². The van der Waals surface area contributed by atoms with Gasteiger partial charge in [-0.25, -0.2) is 0 Å². The van der Waals surface area contributed by atoms with Crippen LogP contribution in [0.1, 0.15) is 60.3 Å². The van der Waals surface area contributed by atoms with Gasteiger partial charge in [-0.05, 0) is 40.5 Å². The van der Waals surface area contributed by atoms with E-state index >= 15 is 0 Å². The molecule has 0 aliphatic heterocycles. The van der Waals surface area contributed by atoms with Crippen molar-refractivity contribution in [3.05, 3.63) is 0 Å². The maximum atomic E-state index is 5.71. The van der Waals surface area contributed by atoms with Crippen molar-refractivity contribution >= 4 is 0 Å². The molecule has 0 amide bonds. The molecule has 0 bridgehead atoms. The molecule has 0 unspecified atom stereocenters. The first kappa shape index (κ1) is 16.9. The minimum atomic E-state index is -0.0928. The normalized spacial score (nSPS) is 12.0. The number of rotatable bonds is 11. The SMILES string of the molecule is CCCCOCCCC(OC(C)C)OC(C)C. The highest BCUT2D eigenvalue weighted by atomic mass is 16.7. The van der Waals surface area contributed by atoms with E-state index in [9.17, 15) is 0 Å². The van der Waals surface area contributed by atoms with Crippen molar-refractivity contribution in [2.75, 3.05) is 13.2 Å². The summed E-state index contributed by atoms with van der Waals surface area (Å²) in [5, 5.41) is 0. The van der Waals surface area contributed by atoms with Crippen LogP contribution in [-0.4, -0.2) is 31.7 Å². The predicted molar refractivity (Wildman–Crippen MR) is 71.2 cm³/mol. The van der Waals surface area contributed by atoms with Crippen molar-refractivity contribution in [2.24, 2.45) is 0 Å². The zero-order chi connectivity index (χ0) is 13.1. The Morgan fingerprint density at radius 1 is 0.824 bits per heavy atom. The fourth-order valence-corrected chi connectivity index (χ4v) is 1.48. The topological polar surface area (TPSA) is 27.7 Å². The molecular weight excluding hydrogens is 216 g/mol. The maximum Gasteiger partial charge on any atom is 0.158 e. The van der Waals surface area contributed by atoms with Gasteiger partial charge in [0.1, 0.15) is 0 Å². The first-order chi connectivity index (χ1) is 8.06. The maximum absolute atomic E-state index is 5.71. The number of hydrogen-bond acceptors (Lipinski definition) is 3. The van der Waals surface area contributed by atoms with Crippen LogP contribution >= 0.6 is 0 Å².